The summed E-state index contributed by atoms with van der Waals surface area (Å²) in [4.78, 5) is 53.5. The molecule has 0 radical (unpaired) electrons. The van der Waals surface area contributed by atoms with Crippen LogP contribution in [0.5, 0.6) is 0 Å². The van der Waals surface area contributed by atoms with Crippen LogP contribution in [0.15, 0.2) is 11.4 Å². The molecule has 1 amide bonds. The number of carbonyl (C=O) groups excluding carboxylic acids is 3. The summed E-state index contributed by atoms with van der Waals surface area (Å²) in [5, 5.41) is 14.8. The van der Waals surface area contributed by atoms with Crippen LogP contribution >= 0.6 is 0 Å². The molecule has 0 aliphatic carbocycles. The Balaban J connectivity index is 1.63. The molecule has 11 heteroatoms. The molecule has 2 aromatic rings. The zero-order valence-electron chi connectivity index (χ0n) is 30.1. The van der Waals surface area contributed by atoms with E-state index in [9.17, 15) is 24.3 Å². The maximum Gasteiger partial charge on any atom is 0.552 e. The van der Waals surface area contributed by atoms with E-state index in [1.165, 1.54) is 7.11 Å². The fourth-order valence-electron chi connectivity index (χ4n) is 10.2. The van der Waals surface area contributed by atoms with E-state index in [0.29, 0.717) is 35.4 Å². The molecule has 5 atom stereocenters. The van der Waals surface area contributed by atoms with Gasteiger partial charge in [0.2, 0.25) is 5.70 Å². The maximum absolute atomic E-state index is 14.4. The van der Waals surface area contributed by atoms with Gasteiger partial charge in [0, 0.05) is 36.8 Å². The number of Topliss-reactive ketones (excluding diaryl/α,β-unsaturated/α-hetero) is 1. The van der Waals surface area contributed by atoms with Gasteiger partial charge in [-0.25, -0.2) is 0 Å². The highest BCUT2D eigenvalue weighted by molar-refractivity contribution is 6.14. The number of carbonyl (C=O) groups is 4. The van der Waals surface area contributed by atoms with Crippen molar-refractivity contribution in [2.75, 3.05) is 13.7 Å². The van der Waals surface area contributed by atoms with E-state index in [2.05, 4.69) is 62.6 Å². The lowest BCUT2D eigenvalue weighted by atomic mass is 9.83. The first-order valence-corrected chi connectivity index (χ1v) is 17.9. The smallest absolute Gasteiger partial charge is 0.481 e. The molecule has 6 aliphatic rings. The molecule has 2 aromatic heterocycles. The summed E-state index contributed by atoms with van der Waals surface area (Å²) in [6, 6.07) is 0. The molecule has 0 fully saturated rings. The van der Waals surface area contributed by atoms with Gasteiger partial charge in [0.05, 0.1) is 70.4 Å². The van der Waals surface area contributed by atoms with Gasteiger partial charge in [0.25, 0.3) is 5.91 Å². The van der Waals surface area contributed by atoms with Crippen molar-refractivity contribution in [2.45, 2.75) is 86.5 Å². The highest BCUT2D eigenvalue weighted by atomic mass is 16.5. The van der Waals surface area contributed by atoms with Crippen LogP contribution in [0.3, 0.4) is 0 Å². The number of ketones is 1. The minimum atomic E-state index is -1.13. The lowest BCUT2D eigenvalue weighted by Gasteiger charge is -2.39. The van der Waals surface area contributed by atoms with Crippen molar-refractivity contribution in [1.29, 1.82) is 0 Å². The first kappa shape index (κ1) is 32.4. The van der Waals surface area contributed by atoms with Crippen molar-refractivity contribution in [3.05, 3.63) is 55.7 Å². The van der Waals surface area contributed by atoms with Crippen LogP contribution in [0.1, 0.15) is 110 Å². The molecule has 0 saturated carbocycles. The molecule has 1 unspecified atom stereocenters. The average molecular weight is 680 g/mol. The number of hydrogen-bond donors (Lipinski definition) is 2. The van der Waals surface area contributed by atoms with E-state index in [1.54, 1.807) is 6.92 Å². The topological polar surface area (TPSA) is 126 Å². The standard InChI is InChI=1S/C39H43N5O6/c1-9-13-40-38(49)35-21(6)29-16-30-23(10-2)18(3)26-17-31-34(22(7)45)20(5)28-15-27-19(4)24(11-12-32(46)47)36-25(14-33(48)50-8)37(35)44(29)39(41(26)30,42(28)31)43(27)36/h15-19,23-24H,9-14H2,1-8H3/p+2/t18-,19+,23-,24+,39?/m1/s1. The van der Waals surface area contributed by atoms with Crippen LogP contribution in [0.2, 0.25) is 0 Å². The second-order valence-corrected chi connectivity index (χ2v) is 14.7. The van der Waals surface area contributed by atoms with Gasteiger partial charge in [-0.05, 0) is 51.2 Å². The summed E-state index contributed by atoms with van der Waals surface area (Å²) in [6.45, 7) is 14.7. The van der Waals surface area contributed by atoms with Crippen LogP contribution in [0.4, 0.5) is 0 Å². The third kappa shape index (κ3) is 3.70. The zero-order chi connectivity index (χ0) is 35.7. The predicted octanol–water partition coefficient (Wildman–Crippen LogP) is 3.31. The molecule has 2 N–H and O–H groups in total. The van der Waals surface area contributed by atoms with Gasteiger partial charge in [0.1, 0.15) is 0 Å². The fraction of sp³-hybridized carbons (Fsp3) is 0.487. The first-order chi connectivity index (χ1) is 23.9. The first-order valence-electron chi connectivity index (χ1n) is 17.9. The number of aliphatic carboxylic acids is 1. The molecular weight excluding hydrogens is 634 g/mol. The number of ether oxygens (including phenoxy) is 1. The maximum atomic E-state index is 14.4. The Bertz CT molecular complexity index is 2270. The Kier molecular flexibility index (Phi) is 7.03. The summed E-state index contributed by atoms with van der Waals surface area (Å²) in [5.41, 5.74) is 9.20. The zero-order valence-corrected chi connectivity index (χ0v) is 30.1. The fourth-order valence-corrected chi connectivity index (χ4v) is 10.2. The van der Waals surface area contributed by atoms with E-state index < -0.39 is 17.8 Å². The summed E-state index contributed by atoms with van der Waals surface area (Å²) in [5.74, 6) is -2.77. The Labute approximate surface area is 290 Å². The Morgan fingerprint density at radius 1 is 0.940 bits per heavy atom. The third-order valence-electron chi connectivity index (χ3n) is 12.3. The molecule has 260 valence electrons. The lowest BCUT2D eigenvalue weighted by Crippen LogP contribution is -2.70. The Morgan fingerprint density at radius 2 is 1.62 bits per heavy atom. The van der Waals surface area contributed by atoms with Gasteiger partial charge in [-0.15, -0.1) is 0 Å². The van der Waals surface area contributed by atoms with E-state index in [-0.39, 0.29) is 48.2 Å². The van der Waals surface area contributed by atoms with Gasteiger partial charge in [-0.3, -0.25) is 19.2 Å². The van der Waals surface area contributed by atoms with E-state index in [0.717, 1.165) is 63.2 Å². The van der Waals surface area contributed by atoms with Crippen molar-refractivity contribution in [1.82, 2.24) is 14.5 Å². The van der Waals surface area contributed by atoms with E-state index in [1.807, 2.05) is 20.8 Å². The predicted molar refractivity (Wildman–Crippen MR) is 187 cm³/mol. The molecule has 1 spiro atoms. The second-order valence-electron chi connectivity index (χ2n) is 14.7. The molecule has 8 rings (SSSR count). The number of aromatic nitrogens is 2. The molecule has 0 aromatic carbocycles. The molecular formula is C39H45N5O6+2. The molecule has 0 saturated heterocycles. The molecule has 0 bridgehead atoms. The monoisotopic (exact) mass is 679 g/mol. The lowest BCUT2D eigenvalue weighted by molar-refractivity contribution is -0.838. The number of rotatable bonds is 10. The van der Waals surface area contributed by atoms with Crippen LogP contribution < -0.4 is 16.0 Å². The van der Waals surface area contributed by atoms with Gasteiger partial charge in [-0.1, -0.05) is 36.8 Å². The molecule has 50 heavy (non-hydrogen) atoms. The number of hydrogen-bond acceptors (Lipinski definition) is 5. The molecule has 11 nitrogen and oxygen atoms in total. The minimum Gasteiger partial charge on any atom is -0.481 e. The number of carboxylic acid groups (broad SMARTS) is 1. The van der Waals surface area contributed by atoms with E-state index in [4.69, 9.17) is 4.74 Å². The minimum absolute atomic E-state index is 0.0157. The van der Waals surface area contributed by atoms with Crippen molar-refractivity contribution in [3.63, 3.8) is 0 Å². The van der Waals surface area contributed by atoms with E-state index >= 15 is 0 Å². The highest BCUT2D eigenvalue weighted by Gasteiger charge is 2.75. The number of amides is 1. The SMILES string of the molecule is CCCNC(=O)c1c(C)c2n3c1C(CC(=O)OC)=C1[C@@H](CCC(=O)O)[C@H](C)C4=[N+]1C31n3c(c(C)c(C(C)=O)c3=CC3=[N+]1C(=C2)[C@H](CC)[C@H]3C)=C4. The van der Waals surface area contributed by atoms with Crippen molar-refractivity contribution >= 4 is 58.9 Å². The van der Waals surface area contributed by atoms with Gasteiger partial charge >= 0.3 is 17.8 Å². The van der Waals surface area contributed by atoms with Gasteiger partial charge < -0.3 is 15.2 Å². The number of nitrogens with zero attached hydrogens (tertiary/aromatic N) is 4. The van der Waals surface area contributed by atoms with Crippen molar-refractivity contribution in [3.8, 4) is 0 Å². The van der Waals surface area contributed by atoms with Crippen LogP contribution in [-0.2, 0) is 20.2 Å². The highest BCUT2D eigenvalue weighted by Crippen LogP contribution is 2.56. The summed E-state index contributed by atoms with van der Waals surface area (Å²) >= 11 is 0. The summed E-state index contributed by atoms with van der Waals surface area (Å²) in [6.07, 6.45) is 8.46. The van der Waals surface area contributed by atoms with Crippen LogP contribution in [-0.4, -0.2) is 72.1 Å². The number of carboxylic acids is 1. The molecule has 6 aliphatic heterocycles. The summed E-state index contributed by atoms with van der Waals surface area (Å²) in [7, 11) is 1.37. The van der Waals surface area contributed by atoms with Crippen molar-refractivity contribution in [2.24, 2.45) is 23.7 Å². The van der Waals surface area contributed by atoms with Crippen molar-refractivity contribution < 1.29 is 38.2 Å². The number of esters is 1. The largest absolute Gasteiger partial charge is 0.552 e. The number of methoxy groups -OCH3 is 1. The Morgan fingerprint density at radius 3 is 2.26 bits per heavy atom. The molecule has 8 heterocycles. The van der Waals surface area contributed by atoms with Crippen LogP contribution in [0, 0.1) is 37.5 Å². The van der Waals surface area contributed by atoms with Gasteiger partial charge in [-0.2, -0.15) is 9.13 Å². The van der Waals surface area contributed by atoms with Gasteiger partial charge in [0.15, 0.2) is 22.9 Å². The third-order valence-corrected chi connectivity index (χ3v) is 12.3. The normalized spacial score (nSPS) is 26.0. The summed E-state index contributed by atoms with van der Waals surface area (Å²) < 4.78 is 14.6. The average Bonchev–Trinajstić information content (AvgIpc) is 3.74. The van der Waals surface area contributed by atoms with Crippen LogP contribution in [0.25, 0.3) is 23.8 Å². The second kappa shape index (κ2) is 10.8. The quantitative estimate of drug-likeness (QED) is 0.226. The Hall–Kier alpha value is -4.80. The number of allylic oxidation sites excluding steroid dienone is 2. The number of nitrogens with one attached hydrogen (secondary N) is 1.